The summed E-state index contributed by atoms with van der Waals surface area (Å²) in [5.74, 6) is 1.08. The molecular formula is C14H25ClN4O2. The number of carbonyl (C=O) groups is 1. The molecule has 1 fully saturated rings. The van der Waals surface area contributed by atoms with Crippen LogP contribution in [0.3, 0.4) is 0 Å². The zero-order valence-electron chi connectivity index (χ0n) is 12.9. The smallest absolute Gasteiger partial charge is 0.239 e. The molecule has 0 aliphatic carbocycles. The van der Waals surface area contributed by atoms with Gasteiger partial charge in [0.05, 0.1) is 11.7 Å². The van der Waals surface area contributed by atoms with Gasteiger partial charge in [0.25, 0.3) is 0 Å². The van der Waals surface area contributed by atoms with Crippen molar-refractivity contribution in [1.29, 1.82) is 0 Å². The number of amides is 1. The SMILES string of the molecule is Cc1cc(CN2CCN(C(=O)[C@@H](N)C(C)C)CC2)no1.Cl. The van der Waals surface area contributed by atoms with Gasteiger partial charge in [0.15, 0.2) is 0 Å². The molecule has 120 valence electrons. The molecular weight excluding hydrogens is 292 g/mol. The van der Waals surface area contributed by atoms with Crippen LogP contribution in [0.4, 0.5) is 0 Å². The topological polar surface area (TPSA) is 75.6 Å². The van der Waals surface area contributed by atoms with E-state index in [4.69, 9.17) is 10.3 Å². The number of hydrogen-bond donors (Lipinski definition) is 1. The van der Waals surface area contributed by atoms with Crippen LogP contribution in [0.1, 0.15) is 25.3 Å². The van der Waals surface area contributed by atoms with Crippen molar-refractivity contribution in [1.82, 2.24) is 15.0 Å². The number of nitrogens with two attached hydrogens (primary N) is 1. The van der Waals surface area contributed by atoms with E-state index in [9.17, 15) is 4.79 Å². The van der Waals surface area contributed by atoms with E-state index in [1.807, 2.05) is 31.7 Å². The summed E-state index contributed by atoms with van der Waals surface area (Å²) < 4.78 is 5.07. The lowest BCUT2D eigenvalue weighted by Crippen LogP contribution is -2.54. The van der Waals surface area contributed by atoms with Gasteiger partial charge >= 0.3 is 0 Å². The Morgan fingerprint density at radius 1 is 1.38 bits per heavy atom. The minimum atomic E-state index is -0.389. The second kappa shape index (κ2) is 7.77. The quantitative estimate of drug-likeness (QED) is 0.898. The van der Waals surface area contributed by atoms with Crippen LogP contribution in [0.5, 0.6) is 0 Å². The number of carbonyl (C=O) groups excluding carboxylic acids is 1. The molecule has 0 radical (unpaired) electrons. The Labute approximate surface area is 132 Å². The van der Waals surface area contributed by atoms with Crippen molar-refractivity contribution in [3.8, 4) is 0 Å². The maximum atomic E-state index is 12.2. The van der Waals surface area contributed by atoms with E-state index in [2.05, 4.69) is 10.1 Å². The number of aryl methyl sites for hydroxylation is 1. The number of aromatic nitrogens is 1. The van der Waals surface area contributed by atoms with Gasteiger partial charge in [-0.1, -0.05) is 19.0 Å². The lowest BCUT2D eigenvalue weighted by Gasteiger charge is -2.36. The Morgan fingerprint density at radius 2 is 2.00 bits per heavy atom. The molecule has 2 heterocycles. The first kappa shape index (κ1) is 17.9. The predicted octanol–water partition coefficient (Wildman–Crippen LogP) is 1.03. The van der Waals surface area contributed by atoms with E-state index in [0.29, 0.717) is 0 Å². The molecule has 1 aromatic rings. The molecule has 21 heavy (non-hydrogen) atoms. The molecule has 2 rings (SSSR count). The molecule has 1 aromatic heterocycles. The molecule has 2 N–H and O–H groups in total. The summed E-state index contributed by atoms with van der Waals surface area (Å²) in [5, 5.41) is 4.00. The van der Waals surface area contributed by atoms with E-state index < -0.39 is 0 Å². The van der Waals surface area contributed by atoms with E-state index in [-0.39, 0.29) is 30.3 Å². The van der Waals surface area contributed by atoms with Gasteiger partial charge in [-0.2, -0.15) is 0 Å². The Morgan fingerprint density at radius 3 is 2.48 bits per heavy atom. The minimum Gasteiger partial charge on any atom is -0.361 e. The Hall–Kier alpha value is -1.11. The highest BCUT2D eigenvalue weighted by Gasteiger charge is 2.27. The van der Waals surface area contributed by atoms with Gasteiger partial charge in [-0.25, -0.2) is 0 Å². The number of hydrogen-bond acceptors (Lipinski definition) is 5. The third-order valence-corrected chi connectivity index (χ3v) is 3.75. The minimum absolute atomic E-state index is 0. The first-order chi connectivity index (χ1) is 9.47. The molecule has 1 atom stereocenters. The standard InChI is InChI=1S/C14H24N4O2.ClH/c1-10(2)13(15)14(19)18-6-4-17(5-7-18)9-12-8-11(3)20-16-12;/h8,10,13H,4-7,9,15H2,1-3H3;1H/t13-;/m0./s1. The largest absolute Gasteiger partial charge is 0.361 e. The van der Waals surface area contributed by atoms with E-state index >= 15 is 0 Å². The third-order valence-electron chi connectivity index (χ3n) is 3.75. The highest BCUT2D eigenvalue weighted by Crippen LogP contribution is 2.11. The van der Waals surface area contributed by atoms with E-state index in [1.165, 1.54) is 0 Å². The summed E-state index contributed by atoms with van der Waals surface area (Å²) in [6, 6.07) is 1.56. The van der Waals surface area contributed by atoms with Crippen LogP contribution in [0.25, 0.3) is 0 Å². The highest BCUT2D eigenvalue weighted by molar-refractivity contribution is 5.85. The van der Waals surface area contributed by atoms with Crippen molar-refractivity contribution >= 4 is 18.3 Å². The molecule has 1 saturated heterocycles. The predicted molar refractivity (Wildman–Crippen MR) is 83.2 cm³/mol. The van der Waals surface area contributed by atoms with Crippen LogP contribution in [-0.4, -0.2) is 53.1 Å². The molecule has 0 bridgehead atoms. The zero-order chi connectivity index (χ0) is 14.7. The van der Waals surface area contributed by atoms with Crippen LogP contribution in [-0.2, 0) is 11.3 Å². The van der Waals surface area contributed by atoms with Crippen LogP contribution in [0.15, 0.2) is 10.6 Å². The molecule has 0 spiro atoms. The summed E-state index contributed by atoms with van der Waals surface area (Å²) in [5.41, 5.74) is 6.87. The third kappa shape index (κ3) is 4.69. The summed E-state index contributed by atoms with van der Waals surface area (Å²) in [4.78, 5) is 16.3. The van der Waals surface area contributed by atoms with Crippen molar-refractivity contribution in [2.24, 2.45) is 11.7 Å². The van der Waals surface area contributed by atoms with Crippen molar-refractivity contribution in [2.45, 2.75) is 33.4 Å². The first-order valence-electron chi connectivity index (χ1n) is 7.16. The maximum absolute atomic E-state index is 12.2. The van der Waals surface area contributed by atoms with Crippen LogP contribution in [0.2, 0.25) is 0 Å². The Kier molecular flexibility index (Phi) is 6.64. The Bertz CT molecular complexity index is 456. The lowest BCUT2D eigenvalue weighted by molar-refractivity contribution is -0.135. The number of piperazine rings is 1. The molecule has 1 aliphatic rings. The van der Waals surface area contributed by atoms with E-state index in [0.717, 1.165) is 44.2 Å². The van der Waals surface area contributed by atoms with E-state index in [1.54, 1.807) is 0 Å². The molecule has 1 aliphatic heterocycles. The second-order valence-electron chi connectivity index (χ2n) is 5.80. The summed E-state index contributed by atoms with van der Waals surface area (Å²) >= 11 is 0. The fraction of sp³-hybridized carbons (Fsp3) is 0.714. The van der Waals surface area contributed by atoms with Gasteiger partial charge in [-0.15, -0.1) is 12.4 Å². The highest BCUT2D eigenvalue weighted by atomic mass is 35.5. The number of nitrogens with zero attached hydrogens (tertiary/aromatic N) is 3. The Balaban J connectivity index is 0.00000220. The normalized spacial score (nSPS) is 17.7. The van der Waals surface area contributed by atoms with Gasteiger partial charge in [-0.3, -0.25) is 9.69 Å². The first-order valence-corrected chi connectivity index (χ1v) is 7.16. The van der Waals surface area contributed by atoms with Gasteiger partial charge in [0.2, 0.25) is 5.91 Å². The lowest BCUT2D eigenvalue weighted by atomic mass is 10.0. The average molecular weight is 317 g/mol. The molecule has 6 nitrogen and oxygen atoms in total. The van der Waals surface area contributed by atoms with Crippen molar-refractivity contribution in [3.63, 3.8) is 0 Å². The number of rotatable bonds is 4. The molecule has 1 amide bonds. The van der Waals surface area contributed by atoms with Crippen LogP contribution in [0, 0.1) is 12.8 Å². The maximum Gasteiger partial charge on any atom is 0.239 e. The van der Waals surface area contributed by atoms with Crippen molar-refractivity contribution < 1.29 is 9.32 Å². The molecule has 7 heteroatoms. The second-order valence-corrected chi connectivity index (χ2v) is 5.80. The van der Waals surface area contributed by atoms with Crippen LogP contribution < -0.4 is 5.73 Å². The van der Waals surface area contributed by atoms with Crippen LogP contribution >= 0.6 is 12.4 Å². The summed E-state index contributed by atoms with van der Waals surface area (Å²) in [6.45, 7) is 9.78. The van der Waals surface area contributed by atoms with Gasteiger partial charge in [-0.05, 0) is 12.8 Å². The van der Waals surface area contributed by atoms with Gasteiger partial charge in [0, 0.05) is 38.8 Å². The molecule has 0 unspecified atom stereocenters. The fourth-order valence-corrected chi connectivity index (χ4v) is 2.34. The zero-order valence-corrected chi connectivity index (χ0v) is 13.7. The monoisotopic (exact) mass is 316 g/mol. The number of halogens is 1. The van der Waals surface area contributed by atoms with Gasteiger partial charge in [0.1, 0.15) is 5.76 Å². The van der Waals surface area contributed by atoms with Crippen molar-refractivity contribution in [2.75, 3.05) is 26.2 Å². The summed E-state index contributed by atoms with van der Waals surface area (Å²) in [6.07, 6.45) is 0. The van der Waals surface area contributed by atoms with Gasteiger partial charge < -0.3 is 15.2 Å². The fourth-order valence-electron chi connectivity index (χ4n) is 2.34. The summed E-state index contributed by atoms with van der Waals surface area (Å²) in [7, 11) is 0. The average Bonchev–Trinajstić information content (AvgIpc) is 2.83. The van der Waals surface area contributed by atoms with Crippen molar-refractivity contribution in [3.05, 3.63) is 17.5 Å². The molecule has 0 aromatic carbocycles. The molecule has 0 saturated carbocycles.